The van der Waals surface area contributed by atoms with E-state index in [1.54, 1.807) is 0 Å². The molecule has 1 aliphatic rings. The Bertz CT molecular complexity index is 367. The fraction of sp³-hybridized carbons (Fsp3) is 0.692. The van der Waals surface area contributed by atoms with E-state index in [1.807, 2.05) is 6.07 Å². The summed E-state index contributed by atoms with van der Waals surface area (Å²) in [4.78, 5) is 0. The van der Waals surface area contributed by atoms with Crippen molar-refractivity contribution in [3.63, 3.8) is 0 Å². The molecule has 102 valence electrons. The second-order valence-corrected chi connectivity index (χ2v) is 6.73. The molecule has 0 bridgehead atoms. The summed E-state index contributed by atoms with van der Waals surface area (Å²) in [5.41, 5.74) is 0.0826. The van der Waals surface area contributed by atoms with Gasteiger partial charge in [0.25, 0.3) is 0 Å². The van der Waals surface area contributed by atoms with Gasteiger partial charge in [-0.1, -0.05) is 19.3 Å². The molecule has 1 heterocycles. The van der Waals surface area contributed by atoms with E-state index in [0.29, 0.717) is 6.54 Å². The summed E-state index contributed by atoms with van der Waals surface area (Å²) < 4.78 is 7.18. The smallest absolute Gasteiger partial charge is 0.183 e. The molecule has 1 aromatic rings. The van der Waals surface area contributed by atoms with Crippen LogP contribution in [0.4, 0.5) is 0 Å². The third-order valence-corrected chi connectivity index (χ3v) is 5.46. The molecule has 2 rings (SSSR count). The molecule has 0 aromatic carbocycles. The maximum Gasteiger partial charge on any atom is 0.183 e. The Morgan fingerprint density at radius 2 is 2.00 bits per heavy atom. The van der Waals surface area contributed by atoms with Crippen LogP contribution in [0.3, 0.4) is 0 Å². The van der Waals surface area contributed by atoms with Crippen LogP contribution in [-0.4, -0.2) is 18.3 Å². The zero-order valence-electron chi connectivity index (χ0n) is 10.3. The number of hydrogen-bond donors (Lipinski definition) is 2. The van der Waals surface area contributed by atoms with Crippen molar-refractivity contribution in [2.75, 3.05) is 13.2 Å². The SMILES string of the molecule is OCC1(CNCc2cc(Br)c(Br)o2)CCCCC1. The third-order valence-electron chi connectivity index (χ3n) is 3.75. The van der Waals surface area contributed by atoms with Crippen LogP contribution in [0.1, 0.15) is 37.9 Å². The monoisotopic (exact) mass is 379 g/mol. The summed E-state index contributed by atoms with van der Waals surface area (Å²) in [6, 6.07) is 1.96. The number of nitrogens with one attached hydrogen (secondary N) is 1. The molecule has 0 atom stereocenters. The molecular weight excluding hydrogens is 362 g/mol. The lowest BCUT2D eigenvalue weighted by Crippen LogP contribution is -2.38. The normalized spacial score (nSPS) is 19.1. The number of aliphatic hydroxyl groups excluding tert-OH is 1. The Balaban J connectivity index is 1.83. The van der Waals surface area contributed by atoms with E-state index in [-0.39, 0.29) is 12.0 Å². The van der Waals surface area contributed by atoms with Gasteiger partial charge in [0, 0.05) is 18.6 Å². The number of hydrogen-bond acceptors (Lipinski definition) is 3. The lowest BCUT2D eigenvalue weighted by molar-refractivity contribution is 0.0805. The van der Waals surface area contributed by atoms with Crippen molar-refractivity contribution in [2.45, 2.75) is 38.6 Å². The van der Waals surface area contributed by atoms with Crippen molar-refractivity contribution in [1.82, 2.24) is 5.32 Å². The van der Waals surface area contributed by atoms with Gasteiger partial charge in [-0.3, -0.25) is 0 Å². The van der Waals surface area contributed by atoms with Gasteiger partial charge in [-0.2, -0.15) is 0 Å². The molecule has 0 unspecified atom stereocenters. The first-order chi connectivity index (χ1) is 8.65. The average molecular weight is 381 g/mol. The number of furan rings is 1. The van der Waals surface area contributed by atoms with Crippen LogP contribution in [0.15, 0.2) is 19.6 Å². The van der Waals surface area contributed by atoms with E-state index in [1.165, 1.54) is 19.3 Å². The first-order valence-electron chi connectivity index (χ1n) is 6.40. The van der Waals surface area contributed by atoms with Gasteiger partial charge < -0.3 is 14.8 Å². The molecule has 1 aromatic heterocycles. The van der Waals surface area contributed by atoms with E-state index in [2.05, 4.69) is 37.2 Å². The molecule has 0 saturated heterocycles. The predicted molar refractivity (Wildman–Crippen MR) is 78.4 cm³/mol. The van der Waals surface area contributed by atoms with Gasteiger partial charge in [0.15, 0.2) is 4.67 Å². The van der Waals surface area contributed by atoms with Gasteiger partial charge >= 0.3 is 0 Å². The van der Waals surface area contributed by atoms with Gasteiger partial charge in [0.05, 0.1) is 11.0 Å². The molecule has 0 radical (unpaired) electrons. The van der Waals surface area contributed by atoms with E-state index in [0.717, 1.165) is 34.3 Å². The Labute approximate surface area is 125 Å². The Morgan fingerprint density at radius 1 is 1.28 bits per heavy atom. The largest absolute Gasteiger partial charge is 0.452 e. The molecule has 0 amide bonds. The Hall–Kier alpha value is 0.160. The van der Waals surface area contributed by atoms with Crippen molar-refractivity contribution in [3.8, 4) is 0 Å². The highest BCUT2D eigenvalue weighted by atomic mass is 79.9. The molecule has 1 saturated carbocycles. The first-order valence-corrected chi connectivity index (χ1v) is 7.99. The Kier molecular flexibility index (Phi) is 5.30. The fourth-order valence-electron chi connectivity index (χ4n) is 2.62. The number of aliphatic hydroxyl groups is 1. The third kappa shape index (κ3) is 3.59. The van der Waals surface area contributed by atoms with Crippen LogP contribution in [0.2, 0.25) is 0 Å². The van der Waals surface area contributed by atoms with Crippen molar-refractivity contribution in [3.05, 3.63) is 21.0 Å². The predicted octanol–water partition coefficient (Wildman–Crippen LogP) is 3.84. The quantitative estimate of drug-likeness (QED) is 0.815. The van der Waals surface area contributed by atoms with Crippen molar-refractivity contribution >= 4 is 31.9 Å². The summed E-state index contributed by atoms with van der Waals surface area (Å²) >= 11 is 6.73. The minimum atomic E-state index is 0.0826. The summed E-state index contributed by atoms with van der Waals surface area (Å²) in [5, 5.41) is 13.0. The van der Waals surface area contributed by atoms with Crippen LogP contribution in [-0.2, 0) is 6.54 Å². The van der Waals surface area contributed by atoms with Crippen LogP contribution >= 0.6 is 31.9 Å². The Morgan fingerprint density at radius 3 is 2.56 bits per heavy atom. The highest BCUT2D eigenvalue weighted by Crippen LogP contribution is 2.35. The zero-order valence-corrected chi connectivity index (χ0v) is 13.5. The second-order valence-electron chi connectivity index (χ2n) is 5.16. The highest BCUT2D eigenvalue weighted by molar-refractivity contribution is 9.13. The topological polar surface area (TPSA) is 45.4 Å². The van der Waals surface area contributed by atoms with E-state index in [9.17, 15) is 5.11 Å². The summed E-state index contributed by atoms with van der Waals surface area (Å²) in [6.07, 6.45) is 6.03. The summed E-state index contributed by atoms with van der Waals surface area (Å²) in [7, 11) is 0. The standard InChI is InChI=1S/C13H19Br2NO2/c14-11-6-10(18-12(11)15)7-16-8-13(9-17)4-2-1-3-5-13/h6,16-17H,1-5,7-9H2. The molecule has 0 aliphatic heterocycles. The van der Waals surface area contributed by atoms with Gasteiger partial charge in [-0.15, -0.1) is 0 Å². The fourth-order valence-corrected chi connectivity index (χ4v) is 3.28. The average Bonchev–Trinajstić information content (AvgIpc) is 2.70. The maximum absolute atomic E-state index is 9.61. The van der Waals surface area contributed by atoms with E-state index in [4.69, 9.17) is 4.42 Å². The lowest BCUT2D eigenvalue weighted by atomic mass is 9.74. The molecular formula is C13H19Br2NO2. The zero-order chi connectivity index (χ0) is 13.0. The number of rotatable bonds is 5. The lowest BCUT2D eigenvalue weighted by Gasteiger charge is -2.35. The molecule has 1 aliphatic carbocycles. The van der Waals surface area contributed by atoms with Crippen LogP contribution in [0, 0.1) is 5.41 Å². The molecule has 2 N–H and O–H groups in total. The van der Waals surface area contributed by atoms with Crippen molar-refractivity contribution in [2.24, 2.45) is 5.41 Å². The molecule has 3 nitrogen and oxygen atoms in total. The maximum atomic E-state index is 9.61. The highest BCUT2D eigenvalue weighted by Gasteiger charge is 2.30. The minimum Gasteiger partial charge on any atom is -0.452 e. The van der Waals surface area contributed by atoms with Gasteiger partial charge in [-0.25, -0.2) is 0 Å². The number of halogens is 2. The summed E-state index contributed by atoms with van der Waals surface area (Å²) in [5.74, 6) is 0.901. The first kappa shape index (κ1) is 14.6. The summed E-state index contributed by atoms with van der Waals surface area (Å²) in [6.45, 7) is 1.84. The molecule has 1 fully saturated rings. The van der Waals surface area contributed by atoms with Crippen LogP contribution in [0.25, 0.3) is 0 Å². The molecule has 18 heavy (non-hydrogen) atoms. The van der Waals surface area contributed by atoms with Crippen LogP contribution in [0.5, 0.6) is 0 Å². The van der Waals surface area contributed by atoms with E-state index < -0.39 is 0 Å². The molecule has 0 spiro atoms. The van der Waals surface area contributed by atoms with E-state index >= 15 is 0 Å². The molecule has 5 heteroatoms. The van der Waals surface area contributed by atoms with Crippen LogP contribution < -0.4 is 5.32 Å². The van der Waals surface area contributed by atoms with Gasteiger partial charge in [0.1, 0.15) is 5.76 Å². The second kappa shape index (κ2) is 6.55. The van der Waals surface area contributed by atoms with Crippen molar-refractivity contribution < 1.29 is 9.52 Å². The van der Waals surface area contributed by atoms with Gasteiger partial charge in [0.2, 0.25) is 0 Å². The van der Waals surface area contributed by atoms with Gasteiger partial charge in [-0.05, 0) is 50.8 Å². The van der Waals surface area contributed by atoms with Crippen molar-refractivity contribution in [1.29, 1.82) is 0 Å². The minimum absolute atomic E-state index is 0.0826.